The maximum Gasteiger partial charge on any atom is 0.311 e. The van der Waals surface area contributed by atoms with Gasteiger partial charge in [0.25, 0.3) is 0 Å². The van der Waals surface area contributed by atoms with Crippen LogP contribution in [0.1, 0.15) is 58.3 Å². The Balaban J connectivity index is 1.82. The first-order valence-corrected chi connectivity index (χ1v) is 7.09. The highest BCUT2D eigenvalue weighted by Gasteiger charge is 2.36. The van der Waals surface area contributed by atoms with Crippen LogP contribution in [-0.2, 0) is 9.53 Å². The van der Waals surface area contributed by atoms with E-state index in [2.05, 4.69) is 6.92 Å². The SMILES string of the molecule is CCCC1CCC(C2CCC(O)OC2=O)CC1. The number of hydrogen-bond donors (Lipinski definition) is 1. The predicted octanol–water partition coefficient (Wildman–Crippen LogP) is 2.86. The first kappa shape index (κ1) is 12.9. The van der Waals surface area contributed by atoms with Gasteiger partial charge in [-0.25, -0.2) is 0 Å². The second-order valence-corrected chi connectivity index (χ2v) is 5.64. The minimum Gasteiger partial charge on any atom is -0.436 e. The Morgan fingerprint density at radius 3 is 2.47 bits per heavy atom. The number of aliphatic hydroxyl groups excluding tert-OH is 1. The van der Waals surface area contributed by atoms with E-state index in [4.69, 9.17) is 4.74 Å². The van der Waals surface area contributed by atoms with Crippen LogP contribution in [0.5, 0.6) is 0 Å². The van der Waals surface area contributed by atoms with Crippen molar-refractivity contribution >= 4 is 5.97 Å². The van der Waals surface area contributed by atoms with E-state index in [1.54, 1.807) is 0 Å². The first-order valence-electron chi connectivity index (χ1n) is 7.09. The van der Waals surface area contributed by atoms with E-state index in [-0.39, 0.29) is 11.9 Å². The van der Waals surface area contributed by atoms with Crippen molar-refractivity contribution in [1.82, 2.24) is 0 Å². The number of esters is 1. The van der Waals surface area contributed by atoms with E-state index >= 15 is 0 Å². The zero-order valence-electron chi connectivity index (χ0n) is 10.7. The molecule has 1 aliphatic carbocycles. The Hall–Kier alpha value is -0.570. The summed E-state index contributed by atoms with van der Waals surface area (Å²) in [5, 5.41) is 9.26. The van der Waals surface area contributed by atoms with Crippen LogP contribution in [0.25, 0.3) is 0 Å². The van der Waals surface area contributed by atoms with Gasteiger partial charge >= 0.3 is 5.97 Å². The number of rotatable bonds is 3. The summed E-state index contributed by atoms with van der Waals surface area (Å²) in [7, 11) is 0. The molecule has 2 fully saturated rings. The van der Waals surface area contributed by atoms with E-state index in [1.807, 2.05) is 0 Å². The Morgan fingerprint density at radius 1 is 1.18 bits per heavy atom. The Labute approximate surface area is 104 Å². The second-order valence-electron chi connectivity index (χ2n) is 5.64. The van der Waals surface area contributed by atoms with Crippen molar-refractivity contribution in [3.05, 3.63) is 0 Å². The van der Waals surface area contributed by atoms with Gasteiger partial charge in [-0.3, -0.25) is 4.79 Å². The molecule has 3 nitrogen and oxygen atoms in total. The fourth-order valence-electron chi connectivity index (χ4n) is 3.44. The van der Waals surface area contributed by atoms with Gasteiger partial charge in [-0.2, -0.15) is 0 Å². The second kappa shape index (κ2) is 5.85. The monoisotopic (exact) mass is 240 g/mol. The van der Waals surface area contributed by atoms with Crippen molar-refractivity contribution in [2.24, 2.45) is 17.8 Å². The highest BCUT2D eigenvalue weighted by molar-refractivity contribution is 5.73. The molecular weight excluding hydrogens is 216 g/mol. The summed E-state index contributed by atoms with van der Waals surface area (Å²) >= 11 is 0. The molecule has 0 bridgehead atoms. The molecule has 98 valence electrons. The Kier molecular flexibility index (Phi) is 4.43. The van der Waals surface area contributed by atoms with Crippen LogP contribution in [0.2, 0.25) is 0 Å². The van der Waals surface area contributed by atoms with Gasteiger partial charge in [0, 0.05) is 6.42 Å². The molecule has 2 aliphatic rings. The topological polar surface area (TPSA) is 46.5 Å². The fourth-order valence-corrected chi connectivity index (χ4v) is 3.44. The van der Waals surface area contributed by atoms with Crippen LogP contribution in [0.15, 0.2) is 0 Å². The summed E-state index contributed by atoms with van der Waals surface area (Å²) in [4.78, 5) is 11.7. The van der Waals surface area contributed by atoms with Crippen molar-refractivity contribution in [2.45, 2.75) is 64.6 Å². The first-order chi connectivity index (χ1) is 8.20. The number of hydrogen-bond acceptors (Lipinski definition) is 3. The third kappa shape index (κ3) is 3.21. The largest absolute Gasteiger partial charge is 0.436 e. The van der Waals surface area contributed by atoms with Gasteiger partial charge in [-0.1, -0.05) is 32.6 Å². The minimum atomic E-state index is -0.852. The summed E-state index contributed by atoms with van der Waals surface area (Å²) in [6.07, 6.45) is 8.05. The summed E-state index contributed by atoms with van der Waals surface area (Å²) < 4.78 is 4.94. The van der Waals surface area contributed by atoms with Crippen LogP contribution in [0, 0.1) is 17.8 Å². The molecule has 0 aromatic rings. The van der Waals surface area contributed by atoms with Crippen LogP contribution in [-0.4, -0.2) is 17.4 Å². The minimum absolute atomic E-state index is 0.0565. The van der Waals surface area contributed by atoms with Crippen molar-refractivity contribution in [3.63, 3.8) is 0 Å². The molecular formula is C14H24O3. The van der Waals surface area contributed by atoms with E-state index in [0.717, 1.165) is 12.3 Å². The van der Waals surface area contributed by atoms with Gasteiger partial charge in [0.2, 0.25) is 6.29 Å². The highest BCUT2D eigenvalue weighted by atomic mass is 16.6. The van der Waals surface area contributed by atoms with Crippen molar-refractivity contribution < 1.29 is 14.6 Å². The lowest BCUT2D eigenvalue weighted by molar-refractivity contribution is -0.187. The molecule has 0 aromatic carbocycles. The third-order valence-electron chi connectivity index (χ3n) is 4.44. The van der Waals surface area contributed by atoms with Crippen LogP contribution in [0.4, 0.5) is 0 Å². The quantitative estimate of drug-likeness (QED) is 0.772. The van der Waals surface area contributed by atoms with E-state index in [1.165, 1.54) is 38.5 Å². The zero-order chi connectivity index (χ0) is 12.3. The third-order valence-corrected chi connectivity index (χ3v) is 4.44. The van der Waals surface area contributed by atoms with Crippen molar-refractivity contribution in [2.75, 3.05) is 0 Å². The van der Waals surface area contributed by atoms with Gasteiger partial charge < -0.3 is 9.84 Å². The maximum atomic E-state index is 11.7. The van der Waals surface area contributed by atoms with Gasteiger partial charge in [-0.05, 0) is 31.1 Å². The van der Waals surface area contributed by atoms with Gasteiger partial charge in [-0.15, -0.1) is 0 Å². The normalized spacial score (nSPS) is 38.8. The van der Waals surface area contributed by atoms with Gasteiger partial charge in [0.15, 0.2) is 0 Å². The highest BCUT2D eigenvalue weighted by Crippen LogP contribution is 2.39. The molecule has 3 heteroatoms. The summed E-state index contributed by atoms with van der Waals surface area (Å²) in [6, 6.07) is 0. The van der Waals surface area contributed by atoms with Gasteiger partial charge in [0.05, 0.1) is 5.92 Å². The number of ether oxygens (including phenoxy) is 1. The molecule has 1 saturated carbocycles. The van der Waals surface area contributed by atoms with Crippen LogP contribution in [0.3, 0.4) is 0 Å². The molecule has 0 spiro atoms. The van der Waals surface area contributed by atoms with Crippen molar-refractivity contribution in [3.8, 4) is 0 Å². The van der Waals surface area contributed by atoms with Crippen molar-refractivity contribution in [1.29, 1.82) is 0 Å². The molecule has 17 heavy (non-hydrogen) atoms. The van der Waals surface area contributed by atoms with E-state index in [9.17, 15) is 9.90 Å². The predicted molar refractivity (Wildman–Crippen MR) is 65.2 cm³/mol. The smallest absolute Gasteiger partial charge is 0.311 e. The number of carbonyl (C=O) groups is 1. The summed E-state index contributed by atoms with van der Waals surface area (Å²) in [5.41, 5.74) is 0. The number of cyclic esters (lactones) is 1. The van der Waals surface area contributed by atoms with Crippen LogP contribution >= 0.6 is 0 Å². The summed E-state index contributed by atoms with van der Waals surface area (Å²) in [5.74, 6) is 1.27. The molecule has 0 radical (unpaired) electrons. The molecule has 1 saturated heterocycles. The average Bonchev–Trinajstić information content (AvgIpc) is 2.31. The van der Waals surface area contributed by atoms with Gasteiger partial charge in [0.1, 0.15) is 0 Å². The molecule has 0 aromatic heterocycles. The molecule has 2 rings (SSSR count). The summed E-state index contributed by atoms with van der Waals surface area (Å²) in [6.45, 7) is 2.24. The molecule has 1 N–H and O–H groups in total. The lowest BCUT2D eigenvalue weighted by Gasteiger charge is -2.35. The fraction of sp³-hybridized carbons (Fsp3) is 0.929. The van der Waals surface area contributed by atoms with E-state index in [0.29, 0.717) is 12.3 Å². The Bertz CT molecular complexity index is 256. The standard InChI is InChI=1S/C14H24O3/c1-2-3-10-4-6-11(7-5-10)12-8-9-13(15)17-14(12)16/h10-13,15H,2-9H2,1H3. The maximum absolute atomic E-state index is 11.7. The molecule has 1 aliphatic heterocycles. The zero-order valence-corrected chi connectivity index (χ0v) is 10.7. The average molecular weight is 240 g/mol. The molecule has 2 atom stereocenters. The molecule has 2 unspecified atom stereocenters. The Morgan fingerprint density at radius 2 is 1.88 bits per heavy atom. The van der Waals surface area contributed by atoms with E-state index < -0.39 is 6.29 Å². The number of aliphatic hydroxyl groups is 1. The van der Waals surface area contributed by atoms with Crippen LogP contribution < -0.4 is 0 Å². The molecule has 1 heterocycles. The lowest BCUT2D eigenvalue weighted by Crippen LogP contribution is -2.36. The molecule has 0 amide bonds. The lowest BCUT2D eigenvalue weighted by atomic mass is 9.73. The number of carbonyl (C=O) groups excluding carboxylic acids is 1.